The van der Waals surface area contributed by atoms with Crippen LogP contribution in [0.3, 0.4) is 0 Å². The van der Waals surface area contributed by atoms with Gasteiger partial charge in [-0.3, -0.25) is 4.79 Å². The van der Waals surface area contributed by atoms with E-state index in [0.29, 0.717) is 10.8 Å². The summed E-state index contributed by atoms with van der Waals surface area (Å²) in [7, 11) is 1.60. The molecule has 0 amide bonds. The fourth-order valence-electron chi connectivity index (χ4n) is 1.57. The Morgan fingerprint density at radius 3 is 2.81 bits per heavy atom. The van der Waals surface area contributed by atoms with Crippen LogP contribution in [0.4, 0.5) is 10.8 Å². The molecule has 0 unspecified atom stereocenters. The number of thiazole rings is 1. The van der Waals surface area contributed by atoms with Crippen molar-refractivity contribution in [3.8, 4) is 5.75 Å². The van der Waals surface area contributed by atoms with E-state index in [9.17, 15) is 9.90 Å². The molecule has 2 rings (SSSR count). The predicted octanol–water partition coefficient (Wildman–Crippen LogP) is 4.02. The van der Waals surface area contributed by atoms with E-state index < -0.39 is 11.4 Å². The van der Waals surface area contributed by atoms with Gasteiger partial charge in [0.15, 0.2) is 5.13 Å². The molecule has 0 aliphatic carbocycles. The van der Waals surface area contributed by atoms with Gasteiger partial charge in [-0.2, -0.15) is 0 Å². The van der Waals surface area contributed by atoms with Gasteiger partial charge in [0.1, 0.15) is 11.2 Å². The highest BCUT2D eigenvalue weighted by Crippen LogP contribution is 2.33. The number of aromatic nitrogens is 1. The highest BCUT2D eigenvalue weighted by molar-refractivity contribution is 9.10. The van der Waals surface area contributed by atoms with Crippen molar-refractivity contribution >= 4 is 44.1 Å². The topological polar surface area (TPSA) is 71.5 Å². The summed E-state index contributed by atoms with van der Waals surface area (Å²) in [6, 6.07) is 5.56. The van der Waals surface area contributed by atoms with Crippen molar-refractivity contribution in [1.29, 1.82) is 0 Å². The first-order chi connectivity index (χ1) is 9.84. The standard InChI is InChI=1S/C14H15BrN2O3S/c1-14(2,12(18)19)11-7-21-13(17-11)16-10-6-8(20-3)4-5-9(10)15/h4-7H,1-3H3,(H,16,17)(H,18,19). The van der Waals surface area contributed by atoms with Crippen LogP contribution in [0, 0.1) is 0 Å². The number of anilines is 2. The molecule has 5 nitrogen and oxygen atoms in total. The Morgan fingerprint density at radius 2 is 2.19 bits per heavy atom. The highest BCUT2D eigenvalue weighted by atomic mass is 79.9. The number of halogens is 1. The van der Waals surface area contributed by atoms with Gasteiger partial charge in [0.25, 0.3) is 0 Å². The number of methoxy groups -OCH3 is 1. The van der Waals surface area contributed by atoms with Crippen LogP contribution >= 0.6 is 27.3 Å². The fourth-order valence-corrected chi connectivity index (χ4v) is 2.81. The zero-order chi connectivity index (χ0) is 15.6. The maximum Gasteiger partial charge on any atom is 0.315 e. The summed E-state index contributed by atoms with van der Waals surface area (Å²) in [5.41, 5.74) is 0.326. The molecule has 0 saturated heterocycles. The van der Waals surface area contributed by atoms with E-state index in [1.54, 1.807) is 26.3 Å². The van der Waals surface area contributed by atoms with Crippen molar-refractivity contribution in [3.63, 3.8) is 0 Å². The number of hydrogen-bond acceptors (Lipinski definition) is 5. The summed E-state index contributed by atoms with van der Waals surface area (Å²) in [4.78, 5) is 15.6. The summed E-state index contributed by atoms with van der Waals surface area (Å²) in [5.74, 6) is -0.176. The molecule has 0 bridgehead atoms. The number of carbonyl (C=O) groups is 1. The molecular weight excluding hydrogens is 356 g/mol. The van der Waals surface area contributed by atoms with E-state index in [4.69, 9.17) is 4.74 Å². The maximum atomic E-state index is 11.2. The molecule has 0 fully saturated rings. The number of carboxylic acid groups (broad SMARTS) is 1. The van der Waals surface area contributed by atoms with Crippen molar-refractivity contribution < 1.29 is 14.6 Å². The van der Waals surface area contributed by atoms with Gasteiger partial charge in [-0.1, -0.05) is 0 Å². The van der Waals surface area contributed by atoms with Crippen molar-refractivity contribution in [2.45, 2.75) is 19.3 Å². The fraction of sp³-hybridized carbons (Fsp3) is 0.286. The van der Waals surface area contributed by atoms with E-state index in [2.05, 4.69) is 26.2 Å². The Bertz CT molecular complexity index is 670. The molecule has 0 aliphatic rings. The average molecular weight is 371 g/mol. The van der Waals surface area contributed by atoms with Crippen LogP contribution in [0.1, 0.15) is 19.5 Å². The summed E-state index contributed by atoms with van der Waals surface area (Å²) in [5, 5.41) is 14.8. The molecule has 0 atom stereocenters. The minimum atomic E-state index is -1.01. The van der Waals surface area contributed by atoms with Crippen LogP contribution < -0.4 is 10.1 Å². The van der Waals surface area contributed by atoms with Crippen LogP contribution in [0.15, 0.2) is 28.1 Å². The van der Waals surface area contributed by atoms with Gasteiger partial charge >= 0.3 is 5.97 Å². The lowest BCUT2D eigenvalue weighted by molar-refractivity contribution is -0.142. The third kappa shape index (κ3) is 3.36. The van der Waals surface area contributed by atoms with Crippen LogP contribution in [-0.2, 0) is 10.2 Å². The van der Waals surface area contributed by atoms with Gasteiger partial charge in [-0.15, -0.1) is 11.3 Å². The number of benzene rings is 1. The Balaban J connectivity index is 2.26. The van der Waals surface area contributed by atoms with Crippen LogP contribution in [-0.4, -0.2) is 23.2 Å². The van der Waals surface area contributed by atoms with E-state index in [1.807, 2.05) is 18.2 Å². The Hall–Kier alpha value is -1.60. The zero-order valence-electron chi connectivity index (χ0n) is 11.8. The normalized spacial score (nSPS) is 11.2. The first-order valence-corrected chi connectivity index (χ1v) is 7.82. The van der Waals surface area contributed by atoms with E-state index in [0.717, 1.165) is 15.9 Å². The van der Waals surface area contributed by atoms with Crippen molar-refractivity contribution in [2.75, 3.05) is 12.4 Å². The predicted molar refractivity (Wildman–Crippen MR) is 86.8 cm³/mol. The Morgan fingerprint density at radius 1 is 1.48 bits per heavy atom. The molecule has 1 aromatic heterocycles. The quantitative estimate of drug-likeness (QED) is 0.831. The molecule has 2 aromatic rings. The number of ether oxygens (including phenoxy) is 1. The van der Waals surface area contributed by atoms with Gasteiger partial charge in [0.2, 0.25) is 0 Å². The summed E-state index contributed by atoms with van der Waals surface area (Å²) in [6.07, 6.45) is 0. The first kappa shape index (κ1) is 15.8. The summed E-state index contributed by atoms with van der Waals surface area (Å²) < 4.78 is 6.06. The molecule has 0 aliphatic heterocycles. The lowest BCUT2D eigenvalue weighted by atomic mass is 9.90. The maximum absolute atomic E-state index is 11.2. The lowest BCUT2D eigenvalue weighted by Crippen LogP contribution is -2.28. The van der Waals surface area contributed by atoms with Gasteiger partial charge in [-0.25, -0.2) is 4.98 Å². The first-order valence-electron chi connectivity index (χ1n) is 6.14. The largest absolute Gasteiger partial charge is 0.497 e. The van der Waals surface area contributed by atoms with Gasteiger partial charge < -0.3 is 15.2 Å². The van der Waals surface area contributed by atoms with Crippen molar-refractivity contribution in [2.24, 2.45) is 0 Å². The van der Waals surface area contributed by atoms with Gasteiger partial charge in [0, 0.05) is 15.9 Å². The molecule has 112 valence electrons. The van der Waals surface area contributed by atoms with E-state index in [1.165, 1.54) is 11.3 Å². The van der Waals surface area contributed by atoms with Crippen LogP contribution in [0.2, 0.25) is 0 Å². The molecule has 0 saturated carbocycles. The Kier molecular flexibility index (Phi) is 4.53. The van der Waals surface area contributed by atoms with Crippen LogP contribution in [0.5, 0.6) is 5.75 Å². The number of nitrogens with one attached hydrogen (secondary N) is 1. The minimum absolute atomic E-state index is 0.529. The smallest absolute Gasteiger partial charge is 0.315 e. The zero-order valence-corrected chi connectivity index (χ0v) is 14.2. The van der Waals surface area contributed by atoms with Crippen molar-refractivity contribution in [3.05, 3.63) is 33.7 Å². The number of rotatable bonds is 5. The third-order valence-corrected chi connectivity index (χ3v) is 4.54. The SMILES string of the molecule is COc1ccc(Br)c(Nc2nc(C(C)(C)C(=O)O)cs2)c1. The molecule has 1 aromatic carbocycles. The number of aliphatic carboxylic acids is 1. The Labute approximate surface area is 135 Å². The van der Waals surface area contributed by atoms with Gasteiger partial charge in [0.05, 0.1) is 18.5 Å². The van der Waals surface area contributed by atoms with Gasteiger partial charge in [-0.05, 0) is 41.9 Å². The second kappa shape index (κ2) is 6.03. The summed E-state index contributed by atoms with van der Waals surface area (Å²) in [6.45, 7) is 3.27. The molecule has 0 radical (unpaired) electrons. The average Bonchev–Trinajstić information content (AvgIpc) is 2.90. The minimum Gasteiger partial charge on any atom is -0.497 e. The number of nitrogens with zero attached hydrogens (tertiary/aromatic N) is 1. The van der Waals surface area contributed by atoms with Crippen molar-refractivity contribution in [1.82, 2.24) is 4.98 Å². The molecule has 2 N–H and O–H groups in total. The number of hydrogen-bond donors (Lipinski definition) is 2. The van der Waals surface area contributed by atoms with E-state index in [-0.39, 0.29) is 0 Å². The molecular formula is C14H15BrN2O3S. The summed E-state index contributed by atoms with van der Waals surface area (Å²) >= 11 is 4.81. The monoisotopic (exact) mass is 370 g/mol. The highest BCUT2D eigenvalue weighted by Gasteiger charge is 2.32. The molecule has 21 heavy (non-hydrogen) atoms. The number of carboxylic acids is 1. The van der Waals surface area contributed by atoms with Crippen LogP contribution in [0.25, 0.3) is 0 Å². The third-order valence-electron chi connectivity index (χ3n) is 3.09. The molecule has 7 heteroatoms. The van der Waals surface area contributed by atoms with E-state index >= 15 is 0 Å². The second-order valence-corrected chi connectivity index (χ2v) is 6.65. The second-order valence-electron chi connectivity index (χ2n) is 4.94. The molecule has 0 spiro atoms. The molecule has 1 heterocycles. The lowest BCUT2D eigenvalue weighted by Gasteiger charge is -2.15.